The molecule has 0 fully saturated rings. The highest BCUT2D eigenvalue weighted by Gasteiger charge is 2.32. The second kappa shape index (κ2) is 7.73. The number of carboxylic acids is 1. The minimum absolute atomic E-state index is 0.0168. The van der Waals surface area contributed by atoms with Crippen molar-refractivity contribution in [2.75, 3.05) is 0 Å². The van der Waals surface area contributed by atoms with E-state index in [1.807, 2.05) is 12.2 Å². The molecule has 1 aromatic carbocycles. The number of nitrogens with zero attached hydrogens (tertiary/aromatic N) is 4. The molecule has 7 nitrogen and oxygen atoms in total. The van der Waals surface area contributed by atoms with Gasteiger partial charge >= 0.3 is 5.97 Å². The summed E-state index contributed by atoms with van der Waals surface area (Å²) in [6.07, 6.45) is 7.01. The third-order valence-electron chi connectivity index (χ3n) is 5.42. The van der Waals surface area contributed by atoms with E-state index in [-0.39, 0.29) is 37.4 Å². The molecule has 2 heterocycles. The highest BCUT2D eigenvalue weighted by atomic mass is 19.2. The van der Waals surface area contributed by atoms with Crippen LogP contribution in [0.3, 0.4) is 0 Å². The van der Waals surface area contributed by atoms with E-state index in [2.05, 4.69) is 10.3 Å². The quantitative estimate of drug-likeness (QED) is 0.777. The standard InChI is InChI=1S/C20H20F2N4O3/c21-17-7-13-9-25(10-14(13)8-18(17)22)20(29)12-2-1-3-16(6-12)26-11-15(23-24-26)4-5-19(27)28/h1,3,7-8,11-12,16H,2,4-6,9-10H2,(H,27,28)/t12-,16-/m0/s1. The number of aromatic nitrogens is 3. The number of carbonyl (C=O) groups is 2. The predicted octanol–water partition coefficient (Wildman–Crippen LogP) is 2.62. The van der Waals surface area contributed by atoms with Gasteiger partial charge in [0.05, 0.1) is 18.2 Å². The van der Waals surface area contributed by atoms with Crippen LogP contribution in [-0.2, 0) is 29.1 Å². The van der Waals surface area contributed by atoms with E-state index in [1.54, 1.807) is 15.8 Å². The second-order valence-electron chi connectivity index (χ2n) is 7.48. The first-order chi connectivity index (χ1) is 13.9. The lowest BCUT2D eigenvalue weighted by Crippen LogP contribution is -2.34. The monoisotopic (exact) mass is 402 g/mol. The topological polar surface area (TPSA) is 88.3 Å². The van der Waals surface area contributed by atoms with Gasteiger partial charge in [-0.1, -0.05) is 17.4 Å². The lowest BCUT2D eigenvalue weighted by molar-refractivity contribution is -0.137. The minimum atomic E-state index is -0.899. The average Bonchev–Trinajstić information content (AvgIpc) is 3.33. The van der Waals surface area contributed by atoms with Crippen molar-refractivity contribution in [3.05, 3.63) is 58.9 Å². The van der Waals surface area contributed by atoms with Crippen molar-refractivity contribution in [2.45, 2.75) is 44.8 Å². The molecule has 0 bridgehead atoms. The van der Waals surface area contributed by atoms with Gasteiger partial charge in [-0.25, -0.2) is 13.5 Å². The van der Waals surface area contributed by atoms with Crippen molar-refractivity contribution in [2.24, 2.45) is 5.92 Å². The molecule has 1 N–H and O–H groups in total. The van der Waals surface area contributed by atoms with Crippen LogP contribution in [0.2, 0.25) is 0 Å². The second-order valence-corrected chi connectivity index (χ2v) is 7.48. The Morgan fingerprint density at radius 3 is 2.52 bits per heavy atom. The molecule has 1 aromatic heterocycles. The summed E-state index contributed by atoms with van der Waals surface area (Å²) >= 11 is 0. The summed E-state index contributed by atoms with van der Waals surface area (Å²) in [5, 5.41) is 16.9. The van der Waals surface area contributed by atoms with Gasteiger partial charge in [-0.3, -0.25) is 9.59 Å². The van der Waals surface area contributed by atoms with Crippen LogP contribution < -0.4 is 0 Å². The fraction of sp³-hybridized carbons (Fsp3) is 0.400. The number of aliphatic carboxylic acids is 1. The number of amides is 1. The van der Waals surface area contributed by atoms with Gasteiger partial charge in [-0.2, -0.15) is 0 Å². The number of aryl methyl sites for hydroxylation is 1. The maximum atomic E-state index is 13.5. The summed E-state index contributed by atoms with van der Waals surface area (Å²) in [5.41, 5.74) is 1.87. The van der Waals surface area contributed by atoms with Crippen molar-refractivity contribution in [1.82, 2.24) is 19.9 Å². The van der Waals surface area contributed by atoms with Gasteiger partial charge in [0, 0.05) is 31.6 Å². The summed E-state index contributed by atoms with van der Waals surface area (Å²) in [4.78, 5) is 25.3. The number of benzene rings is 1. The summed E-state index contributed by atoms with van der Waals surface area (Å²) < 4.78 is 28.6. The molecule has 1 aliphatic heterocycles. The fourth-order valence-corrected chi connectivity index (χ4v) is 3.89. The maximum absolute atomic E-state index is 13.5. The summed E-state index contributed by atoms with van der Waals surface area (Å²) in [6, 6.07) is 2.18. The zero-order chi connectivity index (χ0) is 20.5. The maximum Gasteiger partial charge on any atom is 0.303 e. The number of halogens is 2. The molecule has 0 unspecified atom stereocenters. The fourth-order valence-electron chi connectivity index (χ4n) is 3.89. The van der Waals surface area contributed by atoms with Gasteiger partial charge in [0.1, 0.15) is 0 Å². The normalized spacial score (nSPS) is 20.7. The largest absolute Gasteiger partial charge is 0.481 e. The van der Waals surface area contributed by atoms with E-state index in [4.69, 9.17) is 5.11 Å². The van der Waals surface area contributed by atoms with Crippen molar-refractivity contribution >= 4 is 11.9 Å². The van der Waals surface area contributed by atoms with Crippen LogP contribution in [-0.4, -0.2) is 36.9 Å². The highest BCUT2D eigenvalue weighted by Crippen LogP contribution is 2.32. The molecular formula is C20H20F2N4O3. The molecule has 2 atom stereocenters. The Hall–Kier alpha value is -3.10. The van der Waals surface area contributed by atoms with Crippen LogP contribution in [0, 0.1) is 17.6 Å². The Morgan fingerprint density at radius 2 is 1.86 bits per heavy atom. The molecule has 1 aliphatic carbocycles. The molecule has 0 radical (unpaired) electrons. The van der Waals surface area contributed by atoms with Gasteiger partial charge in [0.25, 0.3) is 0 Å². The van der Waals surface area contributed by atoms with Crippen molar-refractivity contribution < 1.29 is 23.5 Å². The zero-order valence-corrected chi connectivity index (χ0v) is 15.6. The number of rotatable bonds is 5. The van der Waals surface area contributed by atoms with E-state index in [9.17, 15) is 18.4 Å². The molecule has 4 rings (SSSR count). The summed E-state index contributed by atoms with van der Waals surface area (Å²) in [5.74, 6) is -3.01. The molecule has 29 heavy (non-hydrogen) atoms. The van der Waals surface area contributed by atoms with Crippen LogP contribution in [0.4, 0.5) is 8.78 Å². The lowest BCUT2D eigenvalue weighted by atomic mass is 9.90. The molecular weight excluding hydrogens is 382 g/mol. The Bertz CT molecular complexity index is 957. The molecule has 1 amide bonds. The first-order valence-corrected chi connectivity index (χ1v) is 9.45. The summed E-state index contributed by atoms with van der Waals surface area (Å²) in [7, 11) is 0. The molecule has 0 spiro atoms. The van der Waals surface area contributed by atoms with E-state index in [0.717, 1.165) is 12.1 Å². The molecule has 0 saturated heterocycles. The number of carbonyl (C=O) groups excluding carboxylic acids is 1. The van der Waals surface area contributed by atoms with E-state index in [0.29, 0.717) is 36.1 Å². The number of carboxylic acid groups (broad SMARTS) is 1. The van der Waals surface area contributed by atoms with Gasteiger partial charge in [-0.05, 0) is 36.1 Å². The van der Waals surface area contributed by atoms with Gasteiger partial charge < -0.3 is 10.0 Å². The van der Waals surface area contributed by atoms with Gasteiger partial charge in [0.2, 0.25) is 5.91 Å². The van der Waals surface area contributed by atoms with Crippen LogP contribution in [0.1, 0.15) is 42.1 Å². The van der Waals surface area contributed by atoms with Crippen LogP contribution in [0.5, 0.6) is 0 Å². The number of fused-ring (bicyclic) bond motifs is 1. The van der Waals surface area contributed by atoms with E-state index >= 15 is 0 Å². The Balaban J connectivity index is 1.41. The van der Waals surface area contributed by atoms with E-state index < -0.39 is 17.6 Å². The Labute approximate surface area is 165 Å². The first-order valence-electron chi connectivity index (χ1n) is 9.45. The zero-order valence-electron chi connectivity index (χ0n) is 15.6. The van der Waals surface area contributed by atoms with Crippen LogP contribution >= 0.6 is 0 Å². The van der Waals surface area contributed by atoms with Crippen molar-refractivity contribution in [1.29, 1.82) is 0 Å². The van der Waals surface area contributed by atoms with Gasteiger partial charge in [0.15, 0.2) is 11.6 Å². The minimum Gasteiger partial charge on any atom is -0.481 e. The number of allylic oxidation sites excluding steroid dienone is 2. The highest BCUT2D eigenvalue weighted by molar-refractivity contribution is 5.80. The van der Waals surface area contributed by atoms with Crippen molar-refractivity contribution in [3.8, 4) is 0 Å². The van der Waals surface area contributed by atoms with Crippen molar-refractivity contribution in [3.63, 3.8) is 0 Å². The number of hydrogen-bond donors (Lipinski definition) is 1. The summed E-state index contributed by atoms with van der Waals surface area (Å²) in [6.45, 7) is 0.553. The number of hydrogen-bond acceptors (Lipinski definition) is 4. The lowest BCUT2D eigenvalue weighted by Gasteiger charge is -2.27. The Kier molecular flexibility index (Phi) is 5.12. The van der Waals surface area contributed by atoms with Crippen LogP contribution in [0.15, 0.2) is 30.5 Å². The molecule has 2 aromatic rings. The molecule has 0 saturated carbocycles. The Morgan fingerprint density at radius 1 is 1.17 bits per heavy atom. The smallest absolute Gasteiger partial charge is 0.303 e. The van der Waals surface area contributed by atoms with Gasteiger partial charge in [-0.15, -0.1) is 5.10 Å². The molecule has 152 valence electrons. The van der Waals surface area contributed by atoms with Crippen LogP contribution in [0.25, 0.3) is 0 Å². The SMILES string of the molecule is O=C(O)CCc1cn([C@H]2C=CC[C@H](C(=O)N3Cc4cc(F)c(F)cc4C3)C2)nn1. The first kappa shape index (κ1) is 19.2. The third-order valence-corrected chi connectivity index (χ3v) is 5.42. The molecule has 2 aliphatic rings. The molecule has 9 heteroatoms. The van der Waals surface area contributed by atoms with E-state index in [1.165, 1.54) is 0 Å². The predicted molar refractivity (Wildman–Crippen MR) is 97.5 cm³/mol. The average molecular weight is 402 g/mol. The third kappa shape index (κ3) is 4.03.